The molecule has 1 aromatic carbocycles. The highest BCUT2D eigenvalue weighted by atomic mass is 16.5. The van der Waals surface area contributed by atoms with Gasteiger partial charge in [0, 0.05) is 12.6 Å². The molecule has 18 heavy (non-hydrogen) atoms. The number of carbonyl (C=O) groups excluding carboxylic acids is 1. The predicted molar refractivity (Wildman–Crippen MR) is 70.9 cm³/mol. The monoisotopic (exact) mass is 248 g/mol. The first-order valence-electron chi connectivity index (χ1n) is 6.45. The molecule has 2 amide bonds. The van der Waals surface area contributed by atoms with Gasteiger partial charge in [0.15, 0.2) is 0 Å². The Labute approximate surface area is 108 Å². The van der Waals surface area contributed by atoms with Gasteiger partial charge in [-0.05, 0) is 43.4 Å². The largest absolute Gasteiger partial charge is 0.497 e. The summed E-state index contributed by atoms with van der Waals surface area (Å²) in [7, 11) is 1.66. The van der Waals surface area contributed by atoms with Gasteiger partial charge in [-0.15, -0.1) is 0 Å². The molecule has 0 saturated heterocycles. The van der Waals surface area contributed by atoms with Crippen LogP contribution in [0.3, 0.4) is 0 Å². The van der Waals surface area contributed by atoms with Crippen molar-refractivity contribution in [3.05, 3.63) is 29.8 Å². The van der Waals surface area contributed by atoms with Crippen molar-refractivity contribution >= 4 is 6.03 Å². The van der Waals surface area contributed by atoms with Gasteiger partial charge in [-0.1, -0.05) is 12.1 Å². The molecule has 0 radical (unpaired) electrons. The summed E-state index contributed by atoms with van der Waals surface area (Å²) in [6, 6.07) is 8.43. The molecule has 0 spiro atoms. The van der Waals surface area contributed by atoms with Crippen molar-refractivity contribution in [2.75, 3.05) is 13.7 Å². The first-order valence-corrected chi connectivity index (χ1v) is 6.45. The van der Waals surface area contributed by atoms with Crippen LogP contribution in [0, 0.1) is 0 Å². The molecular formula is C14H20N2O2. The number of methoxy groups -OCH3 is 1. The van der Waals surface area contributed by atoms with Gasteiger partial charge in [0.05, 0.1) is 7.11 Å². The Morgan fingerprint density at radius 1 is 1.33 bits per heavy atom. The Balaban J connectivity index is 1.60. The number of carbonyl (C=O) groups is 1. The maximum absolute atomic E-state index is 11.3. The fourth-order valence-corrected chi connectivity index (χ4v) is 1.75. The van der Waals surface area contributed by atoms with E-state index >= 15 is 0 Å². The Kier molecular flexibility index (Phi) is 4.45. The van der Waals surface area contributed by atoms with Gasteiger partial charge >= 0.3 is 6.03 Å². The van der Waals surface area contributed by atoms with Crippen molar-refractivity contribution in [3.63, 3.8) is 0 Å². The molecule has 0 atom stereocenters. The number of hydrogen-bond donors (Lipinski definition) is 2. The lowest BCUT2D eigenvalue weighted by molar-refractivity contribution is 0.240. The summed E-state index contributed by atoms with van der Waals surface area (Å²) < 4.78 is 5.10. The minimum absolute atomic E-state index is 0.0350. The van der Waals surface area contributed by atoms with E-state index < -0.39 is 0 Å². The molecule has 98 valence electrons. The summed E-state index contributed by atoms with van der Waals surface area (Å²) in [5.74, 6) is 0.876. The van der Waals surface area contributed by atoms with E-state index in [0.717, 1.165) is 31.4 Å². The maximum Gasteiger partial charge on any atom is 0.315 e. The van der Waals surface area contributed by atoms with E-state index in [4.69, 9.17) is 4.74 Å². The number of benzene rings is 1. The Morgan fingerprint density at radius 3 is 2.67 bits per heavy atom. The molecule has 1 aromatic rings. The average molecular weight is 248 g/mol. The van der Waals surface area contributed by atoms with Gasteiger partial charge in [0.25, 0.3) is 0 Å². The second-order valence-electron chi connectivity index (χ2n) is 4.63. The standard InChI is InChI=1S/C14H20N2O2/c1-18-13-8-4-11(5-9-13)3-2-10-15-14(17)16-12-6-7-12/h4-5,8-9,12H,2-3,6-7,10H2,1H3,(H2,15,16,17). The fraction of sp³-hybridized carbons (Fsp3) is 0.500. The van der Waals surface area contributed by atoms with Crippen LogP contribution < -0.4 is 15.4 Å². The number of nitrogens with one attached hydrogen (secondary N) is 2. The number of ether oxygens (including phenoxy) is 1. The number of aryl methyl sites for hydroxylation is 1. The van der Waals surface area contributed by atoms with Crippen LogP contribution in [0.5, 0.6) is 5.75 Å². The van der Waals surface area contributed by atoms with Gasteiger partial charge in [-0.3, -0.25) is 0 Å². The molecule has 2 N–H and O–H groups in total. The quantitative estimate of drug-likeness (QED) is 0.757. The zero-order chi connectivity index (χ0) is 12.8. The maximum atomic E-state index is 11.3. The van der Waals surface area contributed by atoms with Crippen molar-refractivity contribution in [1.82, 2.24) is 10.6 Å². The summed E-state index contributed by atoms with van der Waals surface area (Å²) in [4.78, 5) is 11.3. The minimum atomic E-state index is -0.0350. The van der Waals surface area contributed by atoms with E-state index in [1.807, 2.05) is 12.1 Å². The Bertz CT molecular complexity index is 385. The van der Waals surface area contributed by atoms with Gasteiger partial charge in [-0.25, -0.2) is 4.79 Å². The number of urea groups is 1. The van der Waals surface area contributed by atoms with E-state index in [1.54, 1.807) is 7.11 Å². The Morgan fingerprint density at radius 2 is 2.06 bits per heavy atom. The van der Waals surface area contributed by atoms with Gasteiger partial charge < -0.3 is 15.4 Å². The second kappa shape index (κ2) is 6.28. The SMILES string of the molecule is COc1ccc(CCCNC(=O)NC2CC2)cc1. The highest BCUT2D eigenvalue weighted by Gasteiger charge is 2.22. The van der Waals surface area contributed by atoms with Gasteiger partial charge in [0.2, 0.25) is 0 Å². The van der Waals surface area contributed by atoms with Crippen LogP contribution >= 0.6 is 0 Å². The van der Waals surface area contributed by atoms with Crippen molar-refractivity contribution in [2.45, 2.75) is 31.7 Å². The molecule has 0 aromatic heterocycles. The van der Waals surface area contributed by atoms with Crippen LogP contribution in [0.1, 0.15) is 24.8 Å². The molecule has 1 aliphatic rings. The van der Waals surface area contributed by atoms with Crippen LogP contribution in [0.4, 0.5) is 4.79 Å². The predicted octanol–water partition coefficient (Wildman–Crippen LogP) is 2.09. The molecule has 4 heteroatoms. The molecule has 0 aliphatic heterocycles. The topological polar surface area (TPSA) is 50.4 Å². The molecule has 1 fully saturated rings. The van der Waals surface area contributed by atoms with E-state index in [0.29, 0.717) is 12.6 Å². The molecular weight excluding hydrogens is 228 g/mol. The summed E-state index contributed by atoms with van der Waals surface area (Å²) in [5.41, 5.74) is 1.26. The highest BCUT2D eigenvalue weighted by Crippen LogP contribution is 2.18. The normalized spacial score (nSPS) is 14.1. The lowest BCUT2D eigenvalue weighted by atomic mass is 10.1. The number of rotatable bonds is 6. The fourth-order valence-electron chi connectivity index (χ4n) is 1.75. The first kappa shape index (κ1) is 12.7. The smallest absolute Gasteiger partial charge is 0.315 e. The molecule has 0 heterocycles. The Hall–Kier alpha value is -1.71. The van der Waals surface area contributed by atoms with Crippen LogP contribution in [-0.4, -0.2) is 25.7 Å². The van der Waals surface area contributed by atoms with Gasteiger partial charge in [0.1, 0.15) is 5.75 Å². The van der Waals surface area contributed by atoms with Crippen molar-refractivity contribution in [1.29, 1.82) is 0 Å². The molecule has 4 nitrogen and oxygen atoms in total. The molecule has 1 aliphatic carbocycles. The highest BCUT2D eigenvalue weighted by molar-refractivity contribution is 5.74. The second-order valence-corrected chi connectivity index (χ2v) is 4.63. The number of hydrogen-bond acceptors (Lipinski definition) is 2. The lowest BCUT2D eigenvalue weighted by Gasteiger charge is -2.07. The summed E-state index contributed by atoms with van der Waals surface area (Å²) in [6.45, 7) is 0.713. The van der Waals surface area contributed by atoms with E-state index in [2.05, 4.69) is 22.8 Å². The summed E-state index contributed by atoms with van der Waals surface area (Å²) >= 11 is 0. The minimum Gasteiger partial charge on any atom is -0.497 e. The first-order chi connectivity index (χ1) is 8.78. The molecule has 0 unspecified atom stereocenters. The van der Waals surface area contributed by atoms with Gasteiger partial charge in [-0.2, -0.15) is 0 Å². The van der Waals surface area contributed by atoms with E-state index in [-0.39, 0.29) is 6.03 Å². The van der Waals surface area contributed by atoms with Crippen LogP contribution in [0.2, 0.25) is 0 Å². The third kappa shape index (κ3) is 4.28. The zero-order valence-corrected chi connectivity index (χ0v) is 10.7. The summed E-state index contributed by atoms with van der Waals surface area (Å²) in [6.07, 6.45) is 4.16. The van der Waals surface area contributed by atoms with E-state index in [1.165, 1.54) is 5.56 Å². The zero-order valence-electron chi connectivity index (χ0n) is 10.7. The molecule has 2 rings (SSSR count). The van der Waals surface area contributed by atoms with Crippen molar-refractivity contribution < 1.29 is 9.53 Å². The lowest BCUT2D eigenvalue weighted by Crippen LogP contribution is -2.37. The molecule has 0 bridgehead atoms. The van der Waals surface area contributed by atoms with Crippen LogP contribution in [0.25, 0.3) is 0 Å². The van der Waals surface area contributed by atoms with Crippen LogP contribution in [0.15, 0.2) is 24.3 Å². The third-order valence-electron chi connectivity index (χ3n) is 3.00. The summed E-state index contributed by atoms with van der Waals surface area (Å²) in [5, 5.41) is 5.77. The van der Waals surface area contributed by atoms with E-state index in [9.17, 15) is 4.79 Å². The third-order valence-corrected chi connectivity index (χ3v) is 3.00. The van der Waals surface area contributed by atoms with Crippen molar-refractivity contribution in [2.24, 2.45) is 0 Å². The van der Waals surface area contributed by atoms with Crippen LogP contribution in [-0.2, 0) is 6.42 Å². The van der Waals surface area contributed by atoms with Crippen molar-refractivity contribution in [3.8, 4) is 5.75 Å². The average Bonchev–Trinajstić information content (AvgIpc) is 3.19. The number of amides is 2. The molecule has 1 saturated carbocycles.